The Morgan fingerprint density at radius 1 is 1.12 bits per heavy atom. The molecule has 2 saturated heterocycles. The van der Waals surface area contributed by atoms with E-state index in [1.54, 1.807) is 0 Å². The fourth-order valence-corrected chi connectivity index (χ4v) is 4.47. The molecule has 2 unspecified atom stereocenters. The number of rotatable bonds is 2. The highest BCUT2D eigenvalue weighted by Crippen LogP contribution is 2.36. The van der Waals surface area contributed by atoms with Crippen LogP contribution in [0.1, 0.15) is 39.0 Å². The van der Waals surface area contributed by atoms with Crippen LogP contribution in [0, 0.1) is 0 Å². The quantitative estimate of drug-likeness (QED) is 0.821. The van der Waals surface area contributed by atoms with Crippen molar-refractivity contribution in [1.82, 2.24) is 5.32 Å². The van der Waals surface area contributed by atoms with Gasteiger partial charge in [-0.25, -0.2) is 0 Å². The van der Waals surface area contributed by atoms with Crippen LogP contribution in [0.3, 0.4) is 0 Å². The molecule has 3 nitrogen and oxygen atoms in total. The van der Waals surface area contributed by atoms with Crippen molar-refractivity contribution in [2.24, 2.45) is 0 Å². The van der Waals surface area contributed by atoms with Crippen LogP contribution < -0.4 is 5.32 Å². The van der Waals surface area contributed by atoms with E-state index in [0.717, 1.165) is 37.3 Å². The van der Waals surface area contributed by atoms with Crippen LogP contribution in [0.25, 0.3) is 0 Å². The summed E-state index contributed by atoms with van der Waals surface area (Å²) in [5, 5.41) is 4.62. The van der Waals surface area contributed by atoms with Gasteiger partial charge in [0.2, 0.25) is 0 Å². The van der Waals surface area contributed by atoms with Gasteiger partial charge in [0.05, 0.1) is 13.2 Å². The highest BCUT2D eigenvalue weighted by Gasteiger charge is 2.41. The lowest BCUT2D eigenvalue weighted by Gasteiger charge is -2.37. The second-order valence-corrected chi connectivity index (χ2v) is 7.00. The largest absolute Gasteiger partial charge is 0.348 e. The van der Waals surface area contributed by atoms with E-state index in [2.05, 4.69) is 24.0 Å². The van der Waals surface area contributed by atoms with Gasteiger partial charge < -0.3 is 14.8 Å². The van der Waals surface area contributed by atoms with Crippen molar-refractivity contribution >= 4 is 11.8 Å². The first-order chi connectivity index (χ1) is 8.27. The van der Waals surface area contributed by atoms with Gasteiger partial charge in [-0.1, -0.05) is 6.92 Å². The SMILES string of the molecule is CC1SCCC1NC1CCC2(CC1)OCCO2. The highest BCUT2D eigenvalue weighted by atomic mass is 32.2. The van der Waals surface area contributed by atoms with Gasteiger partial charge in [0.15, 0.2) is 5.79 Å². The predicted octanol–water partition coefficient (Wildman–Crippen LogP) is 2.16. The molecule has 0 aromatic heterocycles. The zero-order chi connectivity index (χ0) is 11.7. The van der Waals surface area contributed by atoms with Gasteiger partial charge >= 0.3 is 0 Å². The Morgan fingerprint density at radius 3 is 2.41 bits per heavy atom. The number of ether oxygens (including phenoxy) is 2. The average Bonchev–Trinajstić information content (AvgIpc) is 2.94. The molecule has 0 aromatic rings. The van der Waals surface area contributed by atoms with E-state index in [-0.39, 0.29) is 5.79 Å². The Morgan fingerprint density at radius 2 is 1.82 bits per heavy atom. The minimum Gasteiger partial charge on any atom is -0.348 e. The maximum atomic E-state index is 5.77. The summed E-state index contributed by atoms with van der Waals surface area (Å²) < 4.78 is 11.5. The number of thioether (sulfide) groups is 1. The van der Waals surface area contributed by atoms with Gasteiger partial charge in [-0.2, -0.15) is 11.8 Å². The summed E-state index contributed by atoms with van der Waals surface area (Å²) in [6.45, 7) is 3.92. The minimum atomic E-state index is -0.200. The Labute approximate surface area is 108 Å². The van der Waals surface area contributed by atoms with E-state index in [1.165, 1.54) is 25.0 Å². The van der Waals surface area contributed by atoms with Crippen molar-refractivity contribution in [3.63, 3.8) is 0 Å². The minimum absolute atomic E-state index is 0.200. The van der Waals surface area contributed by atoms with Crippen molar-refractivity contribution in [2.75, 3.05) is 19.0 Å². The molecular formula is C13H23NO2S. The van der Waals surface area contributed by atoms with E-state index < -0.39 is 0 Å². The molecule has 0 aromatic carbocycles. The van der Waals surface area contributed by atoms with Gasteiger partial charge in [-0.3, -0.25) is 0 Å². The standard InChI is InChI=1S/C13H23NO2S/c1-10-12(4-9-17-10)14-11-2-5-13(6-3-11)15-7-8-16-13/h10-12,14H,2-9H2,1H3. The third-order valence-electron chi connectivity index (χ3n) is 4.39. The fraction of sp³-hybridized carbons (Fsp3) is 1.00. The van der Waals surface area contributed by atoms with Crippen molar-refractivity contribution in [2.45, 2.75) is 62.1 Å². The summed E-state index contributed by atoms with van der Waals surface area (Å²) >= 11 is 2.10. The van der Waals surface area contributed by atoms with E-state index in [4.69, 9.17) is 9.47 Å². The summed E-state index contributed by atoms with van der Waals surface area (Å²) in [5.74, 6) is 1.12. The van der Waals surface area contributed by atoms with Crippen LogP contribution in [0.5, 0.6) is 0 Å². The third kappa shape index (κ3) is 2.65. The van der Waals surface area contributed by atoms with Crippen molar-refractivity contribution < 1.29 is 9.47 Å². The molecular weight excluding hydrogens is 234 g/mol. The molecule has 2 aliphatic heterocycles. The van der Waals surface area contributed by atoms with Crippen LogP contribution >= 0.6 is 11.8 Å². The third-order valence-corrected chi connectivity index (χ3v) is 5.71. The van der Waals surface area contributed by atoms with Crippen LogP contribution in [0.4, 0.5) is 0 Å². The van der Waals surface area contributed by atoms with Crippen molar-refractivity contribution in [3.8, 4) is 0 Å². The molecule has 0 amide bonds. The molecule has 98 valence electrons. The Hall–Kier alpha value is 0.230. The molecule has 17 heavy (non-hydrogen) atoms. The zero-order valence-electron chi connectivity index (χ0n) is 10.6. The summed E-state index contributed by atoms with van der Waals surface area (Å²) in [4.78, 5) is 0. The summed E-state index contributed by atoms with van der Waals surface area (Å²) in [7, 11) is 0. The van der Waals surface area contributed by atoms with E-state index in [0.29, 0.717) is 6.04 Å². The van der Waals surface area contributed by atoms with E-state index >= 15 is 0 Å². The fourth-order valence-electron chi connectivity index (χ4n) is 3.26. The number of hydrogen-bond donors (Lipinski definition) is 1. The first-order valence-corrected chi connectivity index (χ1v) is 7.98. The van der Waals surface area contributed by atoms with Gasteiger partial charge in [-0.05, 0) is 25.0 Å². The Balaban J connectivity index is 1.48. The molecule has 1 aliphatic carbocycles. The monoisotopic (exact) mass is 257 g/mol. The summed E-state index contributed by atoms with van der Waals surface area (Å²) in [6.07, 6.45) is 5.88. The average molecular weight is 257 g/mol. The normalized spacial score (nSPS) is 37.9. The molecule has 3 fully saturated rings. The first kappa shape index (κ1) is 12.3. The van der Waals surface area contributed by atoms with E-state index in [1.807, 2.05) is 0 Å². The number of hydrogen-bond acceptors (Lipinski definition) is 4. The second kappa shape index (κ2) is 5.08. The lowest BCUT2D eigenvalue weighted by Crippen LogP contribution is -2.46. The maximum Gasteiger partial charge on any atom is 0.168 e. The smallest absolute Gasteiger partial charge is 0.168 e. The molecule has 0 radical (unpaired) electrons. The van der Waals surface area contributed by atoms with Gasteiger partial charge in [0, 0.05) is 30.2 Å². The molecule has 1 saturated carbocycles. The van der Waals surface area contributed by atoms with Crippen molar-refractivity contribution in [3.05, 3.63) is 0 Å². The molecule has 2 heterocycles. The van der Waals surface area contributed by atoms with Gasteiger partial charge in [-0.15, -0.1) is 0 Å². The van der Waals surface area contributed by atoms with Gasteiger partial charge in [0.1, 0.15) is 0 Å². The molecule has 1 N–H and O–H groups in total. The predicted molar refractivity (Wildman–Crippen MR) is 70.4 cm³/mol. The van der Waals surface area contributed by atoms with Gasteiger partial charge in [0.25, 0.3) is 0 Å². The van der Waals surface area contributed by atoms with Crippen LogP contribution in [0.15, 0.2) is 0 Å². The Bertz CT molecular complexity index is 258. The Kier molecular flexibility index (Phi) is 3.67. The molecule has 3 rings (SSSR count). The van der Waals surface area contributed by atoms with Crippen LogP contribution in [-0.4, -0.2) is 42.1 Å². The molecule has 4 heteroatoms. The summed E-state index contributed by atoms with van der Waals surface area (Å²) in [6, 6.07) is 1.41. The van der Waals surface area contributed by atoms with Crippen LogP contribution in [0.2, 0.25) is 0 Å². The maximum absolute atomic E-state index is 5.77. The molecule has 3 aliphatic rings. The second-order valence-electron chi connectivity index (χ2n) is 5.52. The lowest BCUT2D eigenvalue weighted by molar-refractivity contribution is -0.179. The lowest BCUT2D eigenvalue weighted by atomic mass is 9.89. The first-order valence-electron chi connectivity index (χ1n) is 6.93. The topological polar surface area (TPSA) is 30.5 Å². The molecule has 0 bridgehead atoms. The summed E-state index contributed by atoms with van der Waals surface area (Å²) in [5.41, 5.74) is 0. The molecule has 1 spiro atoms. The zero-order valence-corrected chi connectivity index (χ0v) is 11.4. The van der Waals surface area contributed by atoms with Crippen LogP contribution in [-0.2, 0) is 9.47 Å². The van der Waals surface area contributed by atoms with E-state index in [9.17, 15) is 0 Å². The van der Waals surface area contributed by atoms with Crippen molar-refractivity contribution in [1.29, 1.82) is 0 Å². The number of nitrogens with one attached hydrogen (secondary N) is 1. The molecule has 2 atom stereocenters. The highest BCUT2D eigenvalue weighted by molar-refractivity contribution is 8.00.